The van der Waals surface area contributed by atoms with Crippen LogP contribution in [0.25, 0.3) is 11.4 Å². The van der Waals surface area contributed by atoms with Gasteiger partial charge in [-0.05, 0) is 31.2 Å². The molecule has 0 aliphatic carbocycles. The number of rotatable bonds is 7. The number of para-hydroxylation sites is 1. The molecule has 1 aromatic heterocycles. The molecule has 0 unspecified atom stereocenters. The molecule has 0 fully saturated rings. The van der Waals surface area contributed by atoms with Gasteiger partial charge < -0.3 is 14.0 Å². The first-order valence-electron chi connectivity index (χ1n) is 9.24. The van der Waals surface area contributed by atoms with E-state index in [2.05, 4.69) is 10.1 Å². The molecule has 2 amide bonds. The van der Waals surface area contributed by atoms with Crippen LogP contribution >= 0.6 is 0 Å². The third kappa shape index (κ3) is 3.64. The van der Waals surface area contributed by atoms with Crippen LogP contribution in [-0.4, -0.2) is 46.0 Å². The standard InChI is InChI=1S/C21H17N3O6/c1-2-28-16-10-6-5-9-15(16)19-22-17(30-23-19)12-29-18(25)11-24-20(26)13-7-3-4-8-14(13)21(24)27/h3-10H,2,11-12H2,1H3. The van der Waals surface area contributed by atoms with Gasteiger partial charge in [0.25, 0.3) is 17.7 Å². The monoisotopic (exact) mass is 407 g/mol. The van der Waals surface area contributed by atoms with E-state index in [1.807, 2.05) is 19.1 Å². The van der Waals surface area contributed by atoms with Gasteiger partial charge in [-0.15, -0.1) is 0 Å². The molecule has 0 saturated carbocycles. The average Bonchev–Trinajstić information content (AvgIpc) is 3.32. The molecule has 9 heteroatoms. The van der Waals surface area contributed by atoms with Crippen molar-refractivity contribution in [3.05, 3.63) is 65.5 Å². The van der Waals surface area contributed by atoms with Gasteiger partial charge in [0.1, 0.15) is 12.3 Å². The maximum Gasteiger partial charge on any atom is 0.326 e. The first kappa shape index (κ1) is 19.3. The fourth-order valence-electron chi connectivity index (χ4n) is 3.06. The van der Waals surface area contributed by atoms with Crippen LogP contribution in [0.3, 0.4) is 0 Å². The van der Waals surface area contributed by atoms with Crippen molar-refractivity contribution in [2.24, 2.45) is 0 Å². The molecule has 0 radical (unpaired) electrons. The summed E-state index contributed by atoms with van der Waals surface area (Å²) >= 11 is 0. The minimum absolute atomic E-state index is 0.0759. The van der Waals surface area contributed by atoms with Crippen LogP contribution in [0, 0.1) is 0 Å². The fraction of sp³-hybridized carbons (Fsp3) is 0.190. The number of carbonyl (C=O) groups excluding carboxylic acids is 3. The summed E-state index contributed by atoms with van der Waals surface area (Å²) in [6.07, 6.45) is 0. The van der Waals surface area contributed by atoms with E-state index in [9.17, 15) is 14.4 Å². The second-order valence-electron chi connectivity index (χ2n) is 6.34. The molecule has 0 atom stereocenters. The molecule has 30 heavy (non-hydrogen) atoms. The lowest BCUT2D eigenvalue weighted by Gasteiger charge is -2.12. The lowest BCUT2D eigenvalue weighted by atomic mass is 10.1. The summed E-state index contributed by atoms with van der Waals surface area (Å²) in [6, 6.07) is 13.6. The van der Waals surface area contributed by atoms with E-state index in [1.54, 1.807) is 36.4 Å². The van der Waals surface area contributed by atoms with Crippen molar-refractivity contribution in [3.63, 3.8) is 0 Å². The summed E-state index contributed by atoms with van der Waals surface area (Å²) < 4.78 is 15.8. The number of amides is 2. The Morgan fingerprint density at radius 3 is 2.30 bits per heavy atom. The van der Waals surface area contributed by atoms with Crippen molar-refractivity contribution < 1.29 is 28.4 Å². The Morgan fingerprint density at radius 1 is 1.00 bits per heavy atom. The van der Waals surface area contributed by atoms with Crippen molar-refractivity contribution in [2.75, 3.05) is 13.2 Å². The predicted molar refractivity (Wildman–Crippen MR) is 103 cm³/mol. The molecule has 4 rings (SSSR count). The van der Waals surface area contributed by atoms with Gasteiger partial charge in [-0.2, -0.15) is 4.98 Å². The second kappa shape index (κ2) is 8.16. The van der Waals surface area contributed by atoms with Crippen LogP contribution in [0.1, 0.15) is 33.5 Å². The van der Waals surface area contributed by atoms with Gasteiger partial charge >= 0.3 is 5.97 Å². The lowest BCUT2D eigenvalue weighted by Crippen LogP contribution is -2.35. The number of hydrogen-bond donors (Lipinski definition) is 0. The van der Waals surface area contributed by atoms with E-state index < -0.39 is 24.3 Å². The van der Waals surface area contributed by atoms with Crippen molar-refractivity contribution in [1.29, 1.82) is 0 Å². The van der Waals surface area contributed by atoms with Gasteiger partial charge in [0.2, 0.25) is 5.82 Å². The minimum atomic E-state index is -0.765. The number of hydrogen-bond acceptors (Lipinski definition) is 8. The van der Waals surface area contributed by atoms with E-state index >= 15 is 0 Å². The SMILES string of the molecule is CCOc1ccccc1-c1noc(COC(=O)CN2C(=O)c3ccccc3C2=O)n1. The van der Waals surface area contributed by atoms with Crippen molar-refractivity contribution in [3.8, 4) is 17.1 Å². The molecule has 9 nitrogen and oxygen atoms in total. The molecule has 1 aliphatic heterocycles. The molecule has 0 N–H and O–H groups in total. The molecular weight excluding hydrogens is 390 g/mol. The van der Waals surface area contributed by atoms with E-state index in [0.717, 1.165) is 4.90 Å². The third-order valence-electron chi connectivity index (χ3n) is 4.42. The first-order chi connectivity index (χ1) is 14.6. The van der Waals surface area contributed by atoms with Crippen LogP contribution in [0.15, 0.2) is 53.1 Å². The van der Waals surface area contributed by atoms with E-state index in [-0.39, 0.29) is 23.6 Å². The maximum absolute atomic E-state index is 12.3. The highest BCUT2D eigenvalue weighted by molar-refractivity contribution is 6.22. The zero-order chi connectivity index (χ0) is 21.1. The Morgan fingerprint density at radius 2 is 1.63 bits per heavy atom. The van der Waals surface area contributed by atoms with Crippen LogP contribution in [0.2, 0.25) is 0 Å². The number of imide groups is 1. The number of benzene rings is 2. The smallest absolute Gasteiger partial charge is 0.326 e. The maximum atomic E-state index is 12.3. The van der Waals surface area contributed by atoms with Crippen molar-refractivity contribution >= 4 is 17.8 Å². The van der Waals surface area contributed by atoms with Gasteiger partial charge in [0.15, 0.2) is 6.61 Å². The van der Waals surface area contributed by atoms with Crippen molar-refractivity contribution in [2.45, 2.75) is 13.5 Å². The van der Waals surface area contributed by atoms with Gasteiger partial charge in [-0.1, -0.05) is 29.4 Å². The normalized spacial score (nSPS) is 12.8. The molecule has 1 aliphatic rings. The predicted octanol–water partition coefficient (Wildman–Crippen LogP) is 2.47. The van der Waals surface area contributed by atoms with Crippen molar-refractivity contribution in [1.82, 2.24) is 15.0 Å². The zero-order valence-corrected chi connectivity index (χ0v) is 16.0. The number of fused-ring (bicyclic) bond motifs is 1. The Balaban J connectivity index is 1.38. The highest BCUT2D eigenvalue weighted by atomic mass is 16.6. The number of ether oxygens (including phenoxy) is 2. The summed E-state index contributed by atoms with van der Waals surface area (Å²) in [5.41, 5.74) is 1.18. The zero-order valence-electron chi connectivity index (χ0n) is 16.0. The topological polar surface area (TPSA) is 112 Å². The Kier molecular flexibility index (Phi) is 5.25. The molecular formula is C21H17N3O6. The number of carbonyl (C=O) groups is 3. The summed E-state index contributed by atoms with van der Waals surface area (Å²) in [5, 5.41) is 3.89. The Labute approximate surface area is 171 Å². The average molecular weight is 407 g/mol. The molecule has 0 spiro atoms. The molecule has 3 aromatic rings. The van der Waals surface area contributed by atoms with E-state index in [0.29, 0.717) is 23.7 Å². The van der Waals surface area contributed by atoms with Crippen LogP contribution < -0.4 is 4.74 Å². The van der Waals surface area contributed by atoms with Crippen LogP contribution in [0.4, 0.5) is 0 Å². The summed E-state index contributed by atoms with van der Waals surface area (Å²) in [6.45, 7) is 1.57. The van der Waals surface area contributed by atoms with Crippen LogP contribution in [0.5, 0.6) is 5.75 Å². The van der Waals surface area contributed by atoms with Gasteiger partial charge in [-0.25, -0.2) is 0 Å². The van der Waals surface area contributed by atoms with Crippen LogP contribution in [-0.2, 0) is 16.1 Å². The first-order valence-corrected chi connectivity index (χ1v) is 9.24. The molecule has 2 aromatic carbocycles. The quantitative estimate of drug-likeness (QED) is 0.434. The van der Waals surface area contributed by atoms with E-state index in [4.69, 9.17) is 14.0 Å². The van der Waals surface area contributed by atoms with E-state index in [1.165, 1.54) is 0 Å². The second-order valence-corrected chi connectivity index (χ2v) is 6.34. The number of nitrogens with zero attached hydrogens (tertiary/aromatic N) is 3. The molecule has 0 saturated heterocycles. The third-order valence-corrected chi connectivity index (χ3v) is 4.42. The highest BCUT2D eigenvalue weighted by Crippen LogP contribution is 2.27. The fourth-order valence-corrected chi connectivity index (χ4v) is 3.06. The van der Waals surface area contributed by atoms with Gasteiger partial charge in [-0.3, -0.25) is 19.3 Å². The van der Waals surface area contributed by atoms with Gasteiger partial charge in [0.05, 0.1) is 23.3 Å². The summed E-state index contributed by atoms with van der Waals surface area (Å²) in [4.78, 5) is 41.8. The molecule has 0 bridgehead atoms. The largest absolute Gasteiger partial charge is 0.493 e. The Bertz CT molecular complexity index is 1090. The summed E-state index contributed by atoms with van der Waals surface area (Å²) in [5.74, 6) is -0.841. The summed E-state index contributed by atoms with van der Waals surface area (Å²) in [7, 11) is 0. The minimum Gasteiger partial charge on any atom is -0.493 e. The molecule has 152 valence electrons. The Hall–Kier alpha value is -4.01. The van der Waals surface area contributed by atoms with Gasteiger partial charge in [0, 0.05) is 0 Å². The number of esters is 1. The molecule has 2 heterocycles. The lowest BCUT2D eigenvalue weighted by molar-refractivity contribution is -0.146. The highest BCUT2D eigenvalue weighted by Gasteiger charge is 2.36. The number of aromatic nitrogens is 2.